The van der Waals surface area contributed by atoms with Crippen LogP contribution in [0.3, 0.4) is 0 Å². The second-order valence-electron chi connectivity index (χ2n) is 8.57. The number of fused-ring (bicyclic) bond motifs is 1. The summed E-state index contributed by atoms with van der Waals surface area (Å²) in [4.78, 5) is 22.1. The lowest BCUT2D eigenvalue weighted by Crippen LogP contribution is -2.45. The average molecular weight is 491 g/mol. The smallest absolute Gasteiger partial charge is 0.285 e. The number of hydrogen-bond acceptors (Lipinski definition) is 7. The van der Waals surface area contributed by atoms with Crippen molar-refractivity contribution in [3.05, 3.63) is 83.6 Å². The average Bonchev–Trinajstić information content (AvgIpc) is 3.13. The van der Waals surface area contributed by atoms with Crippen LogP contribution in [0.15, 0.2) is 76.2 Å². The number of pyridine rings is 1. The van der Waals surface area contributed by atoms with Crippen molar-refractivity contribution in [1.82, 2.24) is 15.2 Å². The molecule has 0 aliphatic carbocycles. The van der Waals surface area contributed by atoms with Crippen LogP contribution in [0.1, 0.15) is 21.5 Å². The number of aromatic nitrogens is 1. The van der Waals surface area contributed by atoms with Crippen molar-refractivity contribution < 1.29 is 13.2 Å². The largest absolute Gasteiger partial charge is 0.354 e. The molecule has 3 heterocycles. The molecule has 1 amide bonds. The summed E-state index contributed by atoms with van der Waals surface area (Å²) in [5.41, 5.74) is 2.64. The molecule has 5 rings (SSSR count). The van der Waals surface area contributed by atoms with Gasteiger partial charge in [0.25, 0.3) is 15.9 Å². The fourth-order valence-corrected chi connectivity index (χ4v) is 5.36. The maximum atomic E-state index is 12.8. The number of rotatable bonds is 5. The van der Waals surface area contributed by atoms with Gasteiger partial charge >= 0.3 is 0 Å². The number of amides is 1. The minimum Gasteiger partial charge on any atom is -0.354 e. The first-order valence-electron chi connectivity index (χ1n) is 11.4. The van der Waals surface area contributed by atoms with Gasteiger partial charge in [0.15, 0.2) is 5.84 Å². The molecule has 0 radical (unpaired) electrons. The van der Waals surface area contributed by atoms with E-state index in [2.05, 4.69) is 36.9 Å². The van der Waals surface area contributed by atoms with Crippen molar-refractivity contribution in [3.63, 3.8) is 0 Å². The van der Waals surface area contributed by atoms with Gasteiger partial charge in [0.1, 0.15) is 10.7 Å². The van der Waals surface area contributed by atoms with E-state index in [9.17, 15) is 13.2 Å². The summed E-state index contributed by atoms with van der Waals surface area (Å²) in [6.07, 6.45) is 1.78. The Hall–Kier alpha value is -3.76. The van der Waals surface area contributed by atoms with Gasteiger partial charge in [0, 0.05) is 61.3 Å². The van der Waals surface area contributed by atoms with Gasteiger partial charge in [-0.2, -0.15) is 8.42 Å². The summed E-state index contributed by atoms with van der Waals surface area (Å²) in [6.45, 7) is 4.14. The third kappa shape index (κ3) is 4.89. The molecule has 1 saturated heterocycles. The maximum Gasteiger partial charge on any atom is 0.285 e. The summed E-state index contributed by atoms with van der Waals surface area (Å²) in [5.74, 6) is 0.981. The van der Waals surface area contributed by atoms with Crippen molar-refractivity contribution in [2.24, 2.45) is 4.40 Å². The zero-order chi connectivity index (χ0) is 24.4. The number of sulfonamides is 1. The lowest BCUT2D eigenvalue weighted by atomic mass is 10.1. The molecule has 35 heavy (non-hydrogen) atoms. The van der Waals surface area contributed by atoms with Crippen LogP contribution < -0.4 is 15.5 Å². The number of amidine groups is 1. The van der Waals surface area contributed by atoms with E-state index >= 15 is 0 Å². The second-order valence-corrected chi connectivity index (χ2v) is 10.1. The monoisotopic (exact) mass is 490 g/mol. The molecule has 2 N–H and O–H groups in total. The molecule has 2 aromatic carbocycles. The van der Waals surface area contributed by atoms with Crippen LogP contribution in [-0.4, -0.2) is 63.3 Å². The van der Waals surface area contributed by atoms with E-state index in [1.54, 1.807) is 48.7 Å². The zero-order valence-corrected chi connectivity index (χ0v) is 20.1. The molecule has 9 nitrogen and oxygen atoms in total. The first kappa shape index (κ1) is 23.0. The highest BCUT2D eigenvalue weighted by Crippen LogP contribution is 2.26. The molecule has 10 heteroatoms. The third-order valence-electron chi connectivity index (χ3n) is 6.15. The number of benzene rings is 2. The Kier molecular flexibility index (Phi) is 6.23. The molecular weight excluding hydrogens is 464 g/mol. The van der Waals surface area contributed by atoms with Gasteiger partial charge in [-0.1, -0.05) is 18.2 Å². The fraction of sp³-hybridized carbons (Fsp3) is 0.240. The molecule has 0 atom stereocenters. The van der Waals surface area contributed by atoms with E-state index in [0.717, 1.165) is 37.6 Å². The maximum absolute atomic E-state index is 12.8. The van der Waals surface area contributed by atoms with Crippen LogP contribution in [0.25, 0.3) is 0 Å². The molecule has 1 aromatic heterocycles. The van der Waals surface area contributed by atoms with Gasteiger partial charge in [-0.3, -0.25) is 4.79 Å². The van der Waals surface area contributed by atoms with Gasteiger partial charge in [-0.25, -0.2) is 4.98 Å². The second kappa shape index (κ2) is 9.47. The standard InChI is InChI=1S/C25H26N6O3S/c1-30-13-15-31(16-14-30)24-19(5-4-12-26-24)17-27-25(32)18-8-10-20(11-9-18)28-23-21-6-2-3-7-22(21)35(33,34)29-23/h2-12H,13-17H2,1H3,(H,27,32)(H,28,29). The third-order valence-corrected chi connectivity index (χ3v) is 7.49. The number of nitrogens with one attached hydrogen (secondary N) is 2. The van der Waals surface area contributed by atoms with Crippen molar-refractivity contribution in [2.45, 2.75) is 11.4 Å². The highest BCUT2D eigenvalue weighted by atomic mass is 32.2. The van der Waals surface area contributed by atoms with E-state index in [4.69, 9.17) is 0 Å². The Bertz CT molecular complexity index is 1380. The highest BCUT2D eigenvalue weighted by molar-refractivity contribution is 7.90. The summed E-state index contributed by atoms with van der Waals surface area (Å²) in [6, 6.07) is 17.4. The van der Waals surface area contributed by atoms with Gasteiger partial charge < -0.3 is 20.4 Å². The molecule has 2 aliphatic rings. The van der Waals surface area contributed by atoms with E-state index in [1.807, 2.05) is 12.1 Å². The highest BCUT2D eigenvalue weighted by Gasteiger charge is 2.28. The van der Waals surface area contributed by atoms with Gasteiger partial charge in [-0.05, 0) is 49.5 Å². The van der Waals surface area contributed by atoms with E-state index in [0.29, 0.717) is 23.4 Å². The molecule has 0 saturated carbocycles. The van der Waals surface area contributed by atoms with Crippen LogP contribution in [0.2, 0.25) is 0 Å². The Morgan fingerprint density at radius 2 is 1.71 bits per heavy atom. The number of anilines is 2. The summed E-state index contributed by atoms with van der Waals surface area (Å²) in [5, 5.41) is 6.03. The molecule has 1 fully saturated rings. The van der Waals surface area contributed by atoms with E-state index in [-0.39, 0.29) is 16.6 Å². The molecular formula is C25H26N6O3S. The van der Waals surface area contributed by atoms with E-state index < -0.39 is 10.0 Å². The predicted molar refractivity (Wildman–Crippen MR) is 135 cm³/mol. The molecule has 3 aromatic rings. The number of hydrogen-bond donors (Lipinski definition) is 2. The first-order chi connectivity index (χ1) is 16.9. The van der Waals surface area contributed by atoms with Crippen molar-refractivity contribution in [2.75, 3.05) is 43.4 Å². The predicted octanol–water partition coefficient (Wildman–Crippen LogP) is 2.32. The quantitative estimate of drug-likeness (QED) is 0.565. The molecule has 180 valence electrons. The Balaban J connectivity index is 1.23. The SMILES string of the molecule is CN1CCN(c2ncccc2CNC(=O)c2ccc(NC3=NS(=O)(=O)c4ccccc43)cc2)CC1. The van der Waals surface area contributed by atoms with Crippen molar-refractivity contribution >= 4 is 33.3 Å². The Labute approximate surface area is 204 Å². The van der Waals surface area contributed by atoms with Crippen LogP contribution >= 0.6 is 0 Å². The molecule has 2 aliphatic heterocycles. The minimum absolute atomic E-state index is 0.185. The first-order valence-corrected chi connectivity index (χ1v) is 12.8. The van der Waals surface area contributed by atoms with E-state index in [1.165, 1.54) is 6.07 Å². The molecule has 0 bridgehead atoms. The Morgan fingerprint density at radius 3 is 2.49 bits per heavy atom. The molecule has 0 unspecified atom stereocenters. The number of likely N-dealkylation sites (N-methyl/N-ethyl adjacent to an activating group) is 1. The fourth-order valence-electron chi connectivity index (χ4n) is 4.19. The molecule has 0 spiro atoms. The normalized spacial score (nSPS) is 16.9. The number of piperazine rings is 1. The minimum atomic E-state index is -3.69. The van der Waals surface area contributed by atoms with Crippen molar-refractivity contribution in [3.8, 4) is 0 Å². The topological polar surface area (TPSA) is 107 Å². The number of carbonyl (C=O) groups excluding carboxylic acids is 1. The number of carbonyl (C=O) groups is 1. The van der Waals surface area contributed by atoms with Gasteiger partial charge in [0.05, 0.1) is 0 Å². The van der Waals surface area contributed by atoms with Gasteiger partial charge in [-0.15, -0.1) is 4.40 Å². The lowest BCUT2D eigenvalue weighted by molar-refractivity contribution is 0.0951. The lowest BCUT2D eigenvalue weighted by Gasteiger charge is -2.34. The van der Waals surface area contributed by atoms with Gasteiger partial charge in [0.2, 0.25) is 0 Å². The Morgan fingerprint density at radius 1 is 0.971 bits per heavy atom. The van der Waals surface area contributed by atoms with Crippen LogP contribution in [0.4, 0.5) is 11.5 Å². The summed E-state index contributed by atoms with van der Waals surface area (Å²) in [7, 11) is -1.58. The number of nitrogens with zero attached hydrogens (tertiary/aromatic N) is 4. The summed E-state index contributed by atoms with van der Waals surface area (Å²) >= 11 is 0. The van der Waals surface area contributed by atoms with Crippen LogP contribution in [-0.2, 0) is 16.6 Å². The van der Waals surface area contributed by atoms with Crippen LogP contribution in [0, 0.1) is 0 Å². The van der Waals surface area contributed by atoms with Crippen molar-refractivity contribution in [1.29, 1.82) is 0 Å². The van der Waals surface area contributed by atoms with Crippen LogP contribution in [0.5, 0.6) is 0 Å². The summed E-state index contributed by atoms with van der Waals surface area (Å²) < 4.78 is 28.3. The zero-order valence-electron chi connectivity index (χ0n) is 19.3.